The van der Waals surface area contributed by atoms with Crippen LogP contribution in [0.1, 0.15) is 38.2 Å². The zero-order valence-corrected chi connectivity index (χ0v) is 12.2. The molecular weight excluding hydrogens is 270 g/mol. The monoisotopic (exact) mass is 291 g/mol. The van der Waals surface area contributed by atoms with Gasteiger partial charge < -0.3 is 15.2 Å². The van der Waals surface area contributed by atoms with Crippen LogP contribution in [0.3, 0.4) is 0 Å². The number of hydrogen-bond donors (Lipinski definition) is 2. The number of rotatable bonds is 7. The molecule has 1 fully saturated rings. The molecule has 0 atom stereocenters. The van der Waals surface area contributed by atoms with Crippen LogP contribution in [-0.4, -0.2) is 29.1 Å². The van der Waals surface area contributed by atoms with E-state index < -0.39 is 11.5 Å². The number of hydrogen-bond acceptors (Lipinski definition) is 3. The summed E-state index contributed by atoms with van der Waals surface area (Å²) < 4.78 is 5.35. The molecule has 0 aromatic heterocycles. The largest absolute Gasteiger partial charge is 0.494 e. The summed E-state index contributed by atoms with van der Waals surface area (Å²) in [5.74, 6) is -0.209. The van der Waals surface area contributed by atoms with Crippen molar-refractivity contribution >= 4 is 11.9 Å². The second-order valence-corrected chi connectivity index (χ2v) is 5.51. The first-order chi connectivity index (χ1) is 10.0. The van der Waals surface area contributed by atoms with Gasteiger partial charge in [0.2, 0.25) is 5.91 Å². The van der Waals surface area contributed by atoms with Gasteiger partial charge in [-0.25, -0.2) is 0 Å². The normalized spacial score (nSPS) is 15.9. The van der Waals surface area contributed by atoms with Crippen molar-refractivity contribution < 1.29 is 19.4 Å². The Hall–Kier alpha value is -2.04. The average molecular weight is 291 g/mol. The van der Waals surface area contributed by atoms with Crippen molar-refractivity contribution in [1.82, 2.24) is 5.32 Å². The molecule has 0 saturated heterocycles. The third kappa shape index (κ3) is 4.21. The van der Waals surface area contributed by atoms with Crippen molar-refractivity contribution in [3.05, 3.63) is 29.8 Å². The van der Waals surface area contributed by atoms with Crippen molar-refractivity contribution in [3.63, 3.8) is 0 Å². The van der Waals surface area contributed by atoms with E-state index in [2.05, 4.69) is 5.32 Å². The molecule has 0 aliphatic heterocycles. The fraction of sp³-hybridized carbons (Fsp3) is 0.500. The highest BCUT2D eigenvalue weighted by molar-refractivity contribution is 5.80. The number of amides is 1. The maximum atomic E-state index is 12.1. The summed E-state index contributed by atoms with van der Waals surface area (Å²) in [6, 6.07) is 7.38. The summed E-state index contributed by atoms with van der Waals surface area (Å²) in [4.78, 5) is 23.0. The fourth-order valence-electron chi connectivity index (χ4n) is 2.63. The van der Waals surface area contributed by atoms with E-state index in [1.165, 1.54) is 0 Å². The van der Waals surface area contributed by atoms with Gasteiger partial charge in [-0.05, 0) is 43.9 Å². The fourth-order valence-corrected chi connectivity index (χ4v) is 2.63. The molecule has 0 radical (unpaired) electrons. The first kappa shape index (κ1) is 15.4. The second kappa shape index (κ2) is 6.61. The number of aliphatic carboxylic acids is 1. The Balaban J connectivity index is 1.90. The predicted molar refractivity (Wildman–Crippen MR) is 78.3 cm³/mol. The van der Waals surface area contributed by atoms with Crippen LogP contribution in [0.2, 0.25) is 0 Å². The third-order valence-corrected chi connectivity index (χ3v) is 3.80. The Bertz CT molecular complexity index is 506. The van der Waals surface area contributed by atoms with Gasteiger partial charge in [0.15, 0.2) is 0 Å². The number of benzene rings is 1. The molecule has 5 heteroatoms. The molecule has 1 aromatic carbocycles. The van der Waals surface area contributed by atoms with Crippen LogP contribution in [0.15, 0.2) is 24.3 Å². The molecule has 0 bridgehead atoms. The van der Waals surface area contributed by atoms with Gasteiger partial charge in [-0.2, -0.15) is 0 Å². The molecular formula is C16H21NO4. The maximum Gasteiger partial charge on any atom is 0.305 e. The molecule has 1 aliphatic rings. The zero-order valence-electron chi connectivity index (χ0n) is 12.2. The summed E-state index contributed by atoms with van der Waals surface area (Å²) in [5, 5.41) is 11.8. The van der Waals surface area contributed by atoms with Crippen molar-refractivity contribution in [3.8, 4) is 5.75 Å². The van der Waals surface area contributed by atoms with Gasteiger partial charge in [-0.15, -0.1) is 0 Å². The molecule has 0 heterocycles. The Morgan fingerprint density at radius 3 is 2.43 bits per heavy atom. The van der Waals surface area contributed by atoms with Gasteiger partial charge in [0.1, 0.15) is 5.75 Å². The molecule has 0 unspecified atom stereocenters. The quantitative estimate of drug-likeness (QED) is 0.807. The highest BCUT2D eigenvalue weighted by atomic mass is 16.5. The standard InChI is InChI=1S/C16H21NO4/c1-2-21-13-6-4-12(5-7-13)10-14(18)17-16(8-3-9-16)11-15(19)20/h4-7H,2-3,8-11H2,1H3,(H,17,18)(H,19,20). The van der Waals surface area contributed by atoms with E-state index >= 15 is 0 Å². The smallest absolute Gasteiger partial charge is 0.305 e. The minimum atomic E-state index is -0.865. The zero-order chi connectivity index (χ0) is 15.3. The first-order valence-corrected chi connectivity index (χ1v) is 7.27. The van der Waals surface area contributed by atoms with Crippen LogP contribution in [0.5, 0.6) is 5.75 Å². The maximum absolute atomic E-state index is 12.1. The summed E-state index contributed by atoms with van der Waals surface area (Å²) in [6.07, 6.45) is 2.72. The van der Waals surface area contributed by atoms with E-state index in [-0.39, 0.29) is 18.7 Å². The second-order valence-electron chi connectivity index (χ2n) is 5.51. The van der Waals surface area contributed by atoms with E-state index in [1.54, 1.807) is 0 Å². The van der Waals surface area contributed by atoms with E-state index in [0.717, 1.165) is 30.6 Å². The average Bonchev–Trinajstić information content (AvgIpc) is 2.38. The minimum Gasteiger partial charge on any atom is -0.494 e. The number of carbonyl (C=O) groups is 2. The summed E-state index contributed by atoms with van der Waals surface area (Å²) in [6.45, 7) is 2.53. The molecule has 5 nitrogen and oxygen atoms in total. The van der Waals surface area contributed by atoms with Gasteiger partial charge >= 0.3 is 5.97 Å². The van der Waals surface area contributed by atoms with Gasteiger partial charge in [-0.1, -0.05) is 12.1 Å². The molecule has 2 rings (SSSR count). The summed E-state index contributed by atoms with van der Waals surface area (Å²) >= 11 is 0. The molecule has 2 N–H and O–H groups in total. The lowest BCUT2D eigenvalue weighted by Gasteiger charge is -2.41. The highest BCUT2D eigenvalue weighted by Crippen LogP contribution is 2.35. The Morgan fingerprint density at radius 1 is 1.29 bits per heavy atom. The van der Waals surface area contributed by atoms with Gasteiger partial charge in [-0.3, -0.25) is 9.59 Å². The number of ether oxygens (including phenoxy) is 1. The summed E-state index contributed by atoms with van der Waals surface area (Å²) in [7, 11) is 0. The van der Waals surface area contributed by atoms with Gasteiger partial charge in [0.05, 0.1) is 25.0 Å². The molecule has 0 spiro atoms. The van der Waals surface area contributed by atoms with Crippen LogP contribution < -0.4 is 10.1 Å². The first-order valence-electron chi connectivity index (χ1n) is 7.27. The highest BCUT2D eigenvalue weighted by Gasteiger charge is 2.40. The Morgan fingerprint density at radius 2 is 1.95 bits per heavy atom. The SMILES string of the molecule is CCOc1ccc(CC(=O)NC2(CC(=O)O)CCC2)cc1. The molecule has 1 saturated carbocycles. The Labute approximate surface area is 124 Å². The molecule has 1 amide bonds. The van der Waals surface area contributed by atoms with Gasteiger partial charge in [0.25, 0.3) is 0 Å². The number of carboxylic acid groups (broad SMARTS) is 1. The summed E-state index contributed by atoms with van der Waals surface area (Å²) in [5.41, 5.74) is 0.356. The lowest BCUT2D eigenvalue weighted by molar-refractivity contribution is -0.140. The van der Waals surface area contributed by atoms with E-state index in [0.29, 0.717) is 6.61 Å². The molecule has 1 aliphatic carbocycles. The third-order valence-electron chi connectivity index (χ3n) is 3.80. The van der Waals surface area contributed by atoms with Crippen LogP contribution >= 0.6 is 0 Å². The lowest BCUT2D eigenvalue weighted by atomic mass is 9.74. The van der Waals surface area contributed by atoms with Crippen LogP contribution in [-0.2, 0) is 16.0 Å². The van der Waals surface area contributed by atoms with E-state index in [4.69, 9.17) is 9.84 Å². The van der Waals surface area contributed by atoms with E-state index in [9.17, 15) is 9.59 Å². The van der Waals surface area contributed by atoms with Crippen molar-refractivity contribution in [1.29, 1.82) is 0 Å². The number of carboxylic acids is 1. The molecule has 21 heavy (non-hydrogen) atoms. The van der Waals surface area contributed by atoms with Gasteiger partial charge in [0, 0.05) is 0 Å². The lowest BCUT2D eigenvalue weighted by Crippen LogP contribution is -2.55. The van der Waals surface area contributed by atoms with Crippen LogP contribution in [0.25, 0.3) is 0 Å². The molecule has 114 valence electrons. The van der Waals surface area contributed by atoms with E-state index in [1.807, 2.05) is 31.2 Å². The topological polar surface area (TPSA) is 75.6 Å². The van der Waals surface area contributed by atoms with Crippen LogP contribution in [0.4, 0.5) is 0 Å². The van der Waals surface area contributed by atoms with Crippen LogP contribution in [0, 0.1) is 0 Å². The molecule has 1 aromatic rings. The Kier molecular flexibility index (Phi) is 4.83. The minimum absolute atomic E-state index is 0.00200. The number of nitrogens with one attached hydrogen (secondary N) is 1. The predicted octanol–water partition coefficient (Wildman–Crippen LogP) is 2.14. The number of carbonyl (C=O) groups excluding carboxylic acids is 1. The van der Waals surface area contributed by atoms with Crippen molar-refractivity contribution in [2.24, 2.45) is 0 Å². The van der Waals surface area contributed by atoms with Crippen molar-refractivity contribution in [2.45, 2.75) is 44.6 Å². The van der Waals surface area contributed by atoms with Crippen molar-refractivity contribution in [2.75, 3.05) is 6.61 Å².